The summed E-state index contributed by atoms with van der Waals surface area (Å²) in [7, 11) is 2.09. The lowest BCUT2D eigenvalue weighted by Crippen LogP contribution is -2.31. The number of hydrogen-bond acceptors (Lipinski definition) is 5. The number of halogens is 1. The molecule has 1 N–H and O–H groups in total. The average molecular weight is 380 g/mol. The third kappa shape index (κ3) is 2.61. The van der Waals surface area contributed by atoms with Crippen molar-refractivity contribution < 1.29 is 9.47 Å². The lowest BCUT2D eigenvalue weighted by atomic mass is 10.1. The molecule has 6 nitrogen and oxygen atoms in total. The SMILES string of the molecule is CN1CCC[C@H]1COc1nc2cc(Br)c3c(c2c(=O)[nH]1)OCC3. The van der Waals surface area contributed by atoms with Crippen LogP contribution in [0.15, 0.2) is 15.3 Å². The molecule has 1 aromatic carbocycles. The molecule has 1 fully saturated rings. The number of nitrogens with one attached hydrogen (secondary N) is 1. The van der Waals surface area contributed by atoms with E-state index >= 15 is 0 Å². The molecule has 1 aromatic heterocycles. The standard InChI is InChI=1S/C16H18BrN3O3/c1-20-5-2-3-9(20)8-23-16-18-12-7-11(17)10-4-6-22-14(10)13(12)15(21)19-16/h7,9H,2-6,8H2,1H3,(H,18,19,21)/t9-/m0/s1. The summed E-state index contributed by atoms with van der Waals surface area (Å²) in [6.45, 7) is 2.22. The first-order chi connectivity index (χ1) is 11.1. The maximum Gasteiger partial charge on any atom is 0.297 e. The second-order valence-corrected chi connectivity index (χ2v) is 6.97. The number of likely N-dealkylation sites (N-methyl/N-ethyl adjacent to an activating group) is 1. The van der Waals surface area contributed by atoms with Gasteiger partial charge in [-0.05, 0) is 32.5 Å². The summed E-state index contributed by atoms with van der Waals surface area (Å²) >= 11 is 3.54. The van der Waals surface area contributed by atoms with E-state index in [0.717, 1.165) is 29.4 Å². The third-order valence-electron chi connectivity index (χ3n) is 4.66. The minimum absolute atomic E-state index is 0.213. The number of rotatable bonds is 3. The van der Waals surface area contributed by atoms with Gasteiger partial charge in [0.05, 0.1) is 12.1 Å². The van der Waals surface area contributed by atoms with Crippen molar-refractivity contribution in [2.45, 2.75) is 25.3 Å². The van der Waals surface area contributed by atoms with Crippen LogP contribution in [-0.4, -0.2) is 47.7 Å². The molecule has 122 valence electrons. The lowest BCUT2D eigenvalue weighted by molar-refractivity contribution is 0.188. The predicted molar refractivity (Wildman–Crippen MR) is 90.4 cm³/mol. The van der Waals surface area contributed by atoms with Crippen molar-refractivity contribution in [3.8, 4) is 11.8 Å². The van der Waals surface area contributed by atoms with Gasteiger partial charge in [-0.15, -0.1) is 0 Å². The van der Waals surface area contributed by atoms with Gasteiger partial charge in [-0.2, -0.15) is 4.98 Å². The Labute approximate surface area is 141 Å². The molecule has 3 heterocycles. The highest BCUT2D eigenvalue weighted by atomic mass is 79.9. The summed E-state index contributed by atoms with van der Waals surface area (Å²) in [5.41, 5.74) is 1.41. The van der Waals surface area contributed by atoms with Crippen LogP contribution < -0.4 is 15.0 Å². The number of H-pyrrole nitrogens is 1. The van der Waals surface area contributed by atoms with Gasteiger partial charge in [-0.3, -0.25) is 9.78 Å². The van der Waals surface area contributed by atoms with Gasteiger partial charge >= 0.3 is 0 Å². The minimum Gasteiger partial charge on any atom is -0.492 e. The molecule has 0 bridgehead atoms. The minimum atomic E-state index is -0.213. The van der Waals surface area contributed by atoms with Crippen molar-refractivity contribution in [3.63, 3.8) is 0 Å². The summed E-state index contributed by atoms with van der Waals surface area (Å²) in [5, 5.41) is 0.506. The highest BCUT2D eigenvalue weighted by molar-refractivity contribution is 9.10. The number of benzene rings is 1. The van der Waals surface area contributed by atoms with Crippen LogP contribution >= 0.6 is 15.9 Å². The Morgan fingerprint density at radius 3 is 3.22 bits per heavy atom. The number of nitrogens with zero attached hydrogens (tertiary/aromatic N) is 2. The summed E-state index contributed by atoms with van der Waals surface area (Å²) in [6.07, 6.45) is 3.10. The molecule has 2 aliphatic rings. The monoisotopic (exact) mass is 379 g/mol. The topological polar surface area (TPSA) is 67.5 Å². The number of aromatic nitrogens is 2. The van der Waals surface area contributed by atoms with E-state index in [1.165, 1.54) is 6.42 Å². The fourth-order valence-corrected chi connectivity index (χ4v) is 3.94. The van der Waals surface area contributed by atoms with E-state index in [9.17, 15) is 4.79 Å². The zero-order valence-corrected chi connectivity index (χ0v) is 14.5. The molecule has 2 aromatic rings. The van der Waals surface area contributed by atoms with Gasteiger partial charge in [0.1, 0.15) is 17.7 Å². The van der Waals surface area contributed by atoms with Gasteiger partial charge in [0, 0.05) is 22.5 Å². The van der Waals surface area contributed by atoms with Crippen LogP contribution in [0.5, 0.6) is 11.8 Å². The molecule has 1 saturated heterocycles. The van der Waals surface area contributed by atoms with Gasteiger partial charge in [-0.25, -0.2) is 0 Å². The summed E-state index contributed by atoms with van der Waals surface area (Å²) in [5.74, 6) is 0.644. The number of aromatic amines is 1. The number of hydrogen-bond donors (Lipinski definition) is 1. The van der Waals surface area contributed by atoms with Crippen LogP contribution in [0.2, 0.25) is 0 Å². The molecule has 0 amide bonds. The quantitative estimate of drug-likeness (QED) is 0.884. The summed E-state index contributed by atoms with van der Waals surface area (Å²) in [4.78, 5) is 21.9. The fourth-order valence-electron chi connectivity index (χ4n) is 3.34. The van der Waals surface area contributed by atoms with E-state index in [4.69, 9.17) is 9.47 Å². The Balaban J connectivity index is 1.67. The average Bonchev–Trinajstić information content (AvgIpc) is 3.14. The Morgan fingerprint density at radius 1 is 1.57 bits per heavy atom. The summed E-state index contributed by atoms with van der Waals surface area (Å²) < 4.78 is 12.3. The summed E-state index contributed by atoms with van der Waals surface area (Å²) in [6, 6.07) is 2.52. The molecule has 0 unspecified atom stereocenters. The van der Waals surface area contributed by atoms with Crippen LogP contribution in [0.4, 0.5) is 0 Å². The normalized spacial score (nSPS) is 20.7. The maximum absolute atomic E-state index is 12.4. The molecular weight excluding hydrogens is 362 g/mol. The molecule has 1 atom stereocenters. The van der Waals surface area contributed by atoms with E-state index in [1.54, 1.807) is 0 Å². The molecule has 0 radical (unpaired) electrons. The molecule has 0 saturated carbocycles. The second kappa shape index (κ2) is 5.79. The van der Waals surface area contributed by atoms with E-state index in [-0.39, 0.29) is 11.6 Å². The lowest BCUT2D eigenvalue weighted by Gasteiger charge is -2.19. The van der Waals surface area contributed by atoms with E-state index in [2.05, 4.69) is 37.8 Å². The van der Waals surface area contributed by atoms with Crippen LogP contribution in [-0.2, 0) is 6.42 Å². The first kappa shape index (κ1) is 15.0. The van der Waals surface area contributed by atoms with Gasteiger partial charge in [0.15, 0.2) is 0 Å². The zero-order chi connectivity index (χ0) is 16.0. The van der Waals surface area contributed by atoms with Crippen molar-refractivity contribution in [2.75, 3.05) is 26.8 Å². The molecular formula is C16H18BrN3O3. The van der Waals surface area contributed by atoms with Crippen molar-refractivity contribution in [1.29, 1.82) is 0 Å². The number of fused-ring (bicyclic) bond motifs is 3. The Bertz CT molecular complexity index is 820. The highest BCUT2D eigenvalue weighted by Gasteiger charge is 2.24. The number of ether oxygens (including phenoxy) is 2. The van der Waals surface area contributed by atoms with Gasteiger partial charge < -0.3 is 14.4 Å². The highest BCUT2D eigenvalue weighted by Crippen LogP contribution is 2.37. The molecule has 0 spiro atoms. The molecule has 7 heteroatoms. The molecule has 4 rings (SSSR count). The first-order valence-electron chi connectivity index (χ1n) is 7.84. The van der Waals surface area contributed by atoms with E-state index < -0.39 is 0 Å². The van der Waals surface area contributed by atoms with Crippen molar-refractivity contribution >= 4 is 26.8 Å². The third-order valence-corrected chi connectivity index (χ3v) is 5.37. The van der Waals surface area contributed by atoms with Gasteiger partial charge in [0.2, 0.25) is 0 Å². The molecule has 23 heavy (non-hydrogen) atoms. The van der Waals surface area contributed by atoms with Gasteiger partial charge in [0.25, 0.3) is 11.6 Å². The zero-order valence-electron chi connectivity index (χ0n) is 12.9. The van der Waals surface area contributed by atoms with Gasteiger partial charge in [-0.1, -0.05) is 15.9 Å². The fraction of sp³-hybridized carbons (Fsp3) is 0.500. The maximum atomic E-state index is 12.4. The first-order valence-corrected chi connectivity index (χ1v) is 8.64. The van der Waals surface area contributed by atoms with E-state index in [0.29, 0.717) is 35.9 Å². The van der Waals surface area contributed by atoms with Crippen molar-refractivity contribution in [3.05, 3.63) is 26.5 Å². The smallest absolute Gasteiger partial charge is 0.297 e. The van der Waals surface area contributed by atoms with E-state index in [1.807, 2.05) is 6.07 Å². The van der Waals surface area contributed by atoms with Crippen LogP contribution in [0.25, 0.3) is 10.9 Å². The van der Waals surface area contributed by atoms with Crippen LogP contribution in [0.3, 0.4) is 0 Å². The Morgan fingerprint density at radius 2 is 2.43 bits per heavy atom. The Kier molecular flexibility index (Phi) is 3.77. The van der Waals surface area contributed by atoms with Crippen LogP contribution in [0.1, 0.15) is 18.4 Å². The molecule has 2 aliphatic heterocycles. The Hall–Kier alpha value is -1.60. The largest absolute Gasteiger partial charge is 0.492 e. The number of likely N-dealkylation sites (tertiary alicyclic amines) is 1. The second-order valence-electron chi connectivity index (χ2n) is 6.12. The van der Waals surface area contributed by atoms with Crippen molar-refractivity contribution in [2.24, 2.45) is 0 Å². The van der Waals surface area contributed by atoms with Crippen molar-refractivity contribution in [1.82, 2.24) is 14.9 Å². The predicted octanol–water partition coefficient (Wildman–Crippen LogP) is 2.09. The molecule has 0 aliphatic carbocycles. The van der Waals surface area contributed by atoms with Crippen LogP contribution in [0, 0.1) is 0 Å².